The predicted octanol–water partition coefficient (Wildman–Crippen LogP) is 5.82. The van der Waals surface area contributed by atoms with Gasteiger partial charge in [0.25, 0.3) is 0 Å². The molecule has 144 valence electrons. The zero-order valence-corrected chi connectivity index (χ0v) is 16.5. The Morgan fingerprint density at radius 2 is 1.62 bits per heavy atom. The first-order chi connectivity index (χ1) is 14.1. The molecule has 4 rings (SSSR count). The normalized spacial score (nSPS) is 10.8. The molecule has 0 radical (unpaired) electrons. The molecule has 0 amide bonds. The second-order valence-electron chi connectivity index (χ2n) is 6.53. The molecule has 0 atom stereocenters. The molecule has 5 heteroatoms. The van der Waals surface area contributed by atoms with Crippen LogP contribution in [0.2, 0.25) is 0 Å². The molecular weight excluding hydrogens is 384 g/mol. The number of benzene rings is 3. The van der Waals surface area contributed by atoms with E-state index in [9.17, 15) is 14.7 Å². The van der Waals surface area contributed by atoms with E-state index in [1.54, 1.807) is 42.5 Å². The number of hydrogen-bond acceptors (Lipinski definition) is 5. The van der Waals surface area contributed by atoms with E-state index in [4.69, 9.17) is 4.74 Å². The molecule has 4 aromatic rings. The summed E-state index contributed by atoms with van der Waals surface area (Å²) in [6, 6.07) is 21.3. The minimum Gasteiger partial charge on any atom is -0.508 e. The molecule has 0 fully saturated rings. The van der Waals surface area contributed by atoms with E-state index in [0.717, 1.165) is 20.5 Å². The largest absolute Gasteiger partial charge is 0.508 e. The van der Waals surface area contributed by atoms with Gasteiger partial charge in [-0.05, 0) is 60.2 Å². The number of rotatable bonds is 5. The maximum Gasteiger partial charge on any atom is 0.310 e. The van der Waals surface area contributed by atoms with Crippen molar-refractivity contribution in [2.75, 3.05) is 0 Å². The quantitative estimate of drug-likeness (QED) is 0.259. The highest BCUT2D eigenvalue weighted by Gasteiger charge is 2.21. The van der Waals surface area contributed by atoms with Crippen LogP contribution in [0.3, 0.4) is 0 Å². The maximum atomic E-state index is 13.3. The lowest BCUT2D eigenvalue weighted by Crippen LogP contribution is -2.05. The van der Waals surface area contributed by atoms with Gasteiger partial charge < -0.3 is 9.84 Å². The Kier molecular flexibility index (Phi) is 5.14. The number of ether oxygens (including phenoxy) is 1. The number of carbonyl (C=O) groups excluding carboxylic acids is 2. The Labute approximate surface area is 172 Å². The highest BCUT2D eigenvalue weighted by atomic mass is 32.1. The van der Waals surface area contributed by atoms with Gasteiger partial charge in [-0.25, -0.2) is 0 Å². The van der Waals surface area contributed by atoms with Crippen LogP contribution in [0, 0.1) is 0 Å². The first-order valence-electron chi connectivity index (χ1n) is 9.23. The summed E-state index contributed by atoms with van der Waals surface area (Å²) in [6.45, 7) is 1.75. The molecule has 1 aromatic heterocycles. The highest BCUT2D eigenvalue weighted by molar-refractivity contribution is 7.22. The van der Waals surface area contributed by atoms with Crippen molar-refractivity contribution in [1.29, 1.82) is 0 Å². The number of thiophene rings is 1. The molecule has 0 aliphatic carbocycles. The molecule has 0 unspecified atom stereocenters. The Balaban J connectivity index is 1.80. The highest BCUT2D eigenvalue weighted by Crippen LogP contribution is 2.40. The molecule has 0 aliphatic rings. The van der Waals surface area contributed by atoms with Gasteiger partial charge in [0.05, 0.1) is 0 Å². The number of aromatic hydroxyl groups is 1. The van der Waals surface area contributed by atoms with Gasteiger partial charge in [0.15, 0.2) is 5.78 Å². The van der Waals surface area contributed by atoms with Gasteiger partial charge in [-0.15, -0.1) is 11.3 Å². The van der Waals surface area contributed by atoms with E-state index >= 15 is 0 Å². The Hall–Kier alpha value is -3.44. The molecular formula is C24H18O4S. The Bertz CT molecular complexity index is 1190. The second-order valence-corrected chi connectivity index (χ2v) is 7.58. The number of phenolic OH excluding ortho intramolecular Hbond substituents is 1. The first kappa shape index (κ1) is 18.9. The van der Waals surface area contributed by atoms with Crippen LogP contribution in [0.15, 0.2) is 72.8 Å². The Morgan fingerprint density at radius 1 is 0.931 bits per heavy atom. The summed E-state index contributed by atoms with van der Waals surface area (Å²) in [5.74, 6) is 0.212. The molecule has 0 bridgehead atoms. The fourth-order valence-corrected chi connectivity index (χ4v) is 4.31. The average Bonchev–Trinajstić information content (AvgIpc) is 3.13. The zero-order valence-electron chi connectivity index (χ0n) is 15.7. The van der Waals surface area contributed by atoms with Gasteiger partial charge in [-0.3, -0.25) is 9.59 Å². The molecule has 0 aliphatic heterocycles. The van der Waals surface area contributed by atoms with Crippen LogP contribution in [0.25, 0.3) is 20.5 Å². The zero-order chi connectivity index (χ0) is 20.4. The number of phenols is 1. The lowest BCUT2D eigenvalue weighted by molar-refractivity contribution is -0.134. The number of fused-ring (bicyclic) bond motifs is 1. The SMILES string of the molecule is CCC(=O)Oc1ccc(-c2sc3ccccc3c2C(=O)c2ccc(O)cc2)cc1. The lowest BCUT2D eigenvalue weighted by Gasteiger charge is -2.07. The number of ketones is 1. The minimum absolute atomic E-state index is 0.0982. The van der Waals surface area contributed by atoms with E-state index < -0.39 is 0 Å². The molecule has 4 nitrogen and oxygen atoms in total. The summed E-state index contributed by atoms with van der Waals surface area (Å²) in [5.41, 5.74) is 2.03. The summed E-state index contributed by atoms with van der Waals surface area (Å²) >= 11 is 1.55. The minimum atomic E-state index is -0.289. The van der Waals surface area contributed by atoms with Crippen LogP contribution in [0.1, 0.15) is 29.3 Å². The predicted molar refractivity (Wildman–Crippen MR) is 115 cm³/mol. The summed E-state index contributed by atoms with van der Waals surface area (Å²) in [4.78, 5) is 25.7. The van der Waals surface area contributed by atoms with Crippen molar-refractivity contribution in [2.45, 2.75) is 13.3 Å². The third-order valence-electron chi connectivity index (χ3n) is 4.59. The van der Waals surface area contributed by atoms with Crippen LogP contribution in [-0.2, 0) is 4.79 Å². The van der Waals surface area contributed by atoms with Gasteiger partial charge in [-0.2, -0.15) is 0 Å². The molecule has 29 heavy (non-hydrogen) atoms. The molecule has 1 heterocycles. The first-order valence-corrected chi connectivity index (χ1v) is 10.0. The van der Waals surface area contributed by atoms with Crippen molar-refractivity contribution in [2.24, 2.45) is 0 Å². The monoisotopic (exact) mass is 402 g/mol. The van der Waals surface area contributed by atoms with E-state index in [0.29, 0.717) is 23.3 Å². The lowest BCUT2D eigenvalue weighted by atomic mass is 9.97. The topological polar surface area (TPSA) is 63.6 Å². The summed E-state index contributed by atoms with van der Waals surface area (Å²) in [5, 5.41) is 10.4. The van der Waals surface area contributed by atoms with Crippen molar-refractivity contribution < 1.29 is 19.4 Å². The summed E-state index contributed by atoms with van der Waals surface area (Å²) in [6.07, 6.45) is 0.309. The van der Waals surface area contributed by atoms with Gasteiger partial charge in [0.1, 0.15) is 11.5 Å². The van der Waals surface area contributed by atoms with Gasteiger partial charge in [0.2, 0.25) is 0 Å². The van der Waals surface area contributed by atoms with Gasteiger partial charge in [0, 0.05) is 32.5 Å². The molecule has 0 saturated carbocycles. The fourth-order valence-electron chi connectivity index (χ4n) is 3.11. The fraction of sp³-hybridized carbons (Fsp3) is 0.0833. The van der Waals surface area contributed by atoms with Crippen molar-refractivity contribution in [3.63, 3.8) is 0 Å². The van der Waals surface area contributed by atoms with Crippen LogP contribution >= 0.6 is 11.3 Å². The Morgan fingerprint density at radius 3 is 2.31 bits per heavy atom. The van der Waals surface area contributed by atoms with E-state index in [2.05, 4.69) is 0 Å². The van der Waals surface area contributed by atoms with Crippen LogP contribution in [-0.4, -0.2) is 16.9 Å². The average molecular weight is 402 g/mol. The van der Waals surface area contributed by atoms with E-state index in [1.807, 2.05) is 36.4 Å². The van der Waals surface area contributed by atoms with Crippen LogP contribution in [0.5, 0.6) is 11.5 Å². The van der Waals surface area contributed by atoms with Gasteiger partial charge in [-0.1, -0.05) is 25.1 Å². The molecule has 0 saturated heterocycles. The molecule has 0 spiro atoms. The third-order valence-corrected chi connectivity index (χ3v) is 5.81. The molecule has 3 aromatic carbocycles. The summed E-state index contributed by atoms with van der Waals surface area (Å²) in [7, 11) is 0. The maximum absolute atomic E-state index is 13.3. The second kappa shape index (κ2) is 7.89. The van der Waals surface area contributed by atoms with E-state index in [-0.39, 0.29) is 17.5 Å². The van der Waals surface area contributed by atoms with Crippen molar-refractivity contribution in [1.82, 2.24) is 0 Å². The van der Waals surface area contributed by atoms with Gasteiger partial charge >= 0.3 is 5.97 Å². The number of carbonyl (C=O) groups is 2. The van der Waals surface area contributed by atoms with E-state index in [1.165, 1.54) is 12.1 Å². The standard InChI is InChI=1S/C24H18O4S/c1-2-21(26)28-18-13-9-16(10-14-18)24-22(19-5-3-4-6-20(19)29-24)23(27)15-7-11-17(25)12-8-15/h3-14,25H,2H2,1H3. The number of esters is 1. The van der Waals surface area contributed by atoms with Crippen LogP contribution in [0.4, 0.5) is 0 Å². The van der Waals surface area contributed by atoms with Crippen molar-refractivity contribution in [3.05, 3.63) is 83.9 Å². The number of hydrogen-bond donors (Lipinski definition) is 1. The van der Waals surface area contributed by atoms with Crippen LogP contribution < -0.4 is 4.74 Å². The third kappa shape index (κ3) is 3.77. The molecule has 1 N–H and O–H groups in total. The van der Waals surface area contributed by atoms with Crippen molar-refractivity contribution in [3.8, 4) is 21.9 Å². The van der Waals surface area contributed by atoms with Crippen molar-refractivity contribution >= 4 is 33.2 Å². The smallest absolute Gasteiger partial charge is 0.310 e. The summed E-state index contributed by atoms with van der Waals surface area (Å²) < 4.78 is 6.26.